The number of alkyl halides is 3. The van der Waals surface area contributed by atoms with E-state index >= 15 is 0 Å². The number of oxime groups is 1. The van der Waals surface area contributed by atoms with Crippen LogP contribution in [0.15, 0.2) is 57.0 Å². The first kappa shape index (κ1) is 27.2. The minimum absolute atomic E-state index is 0.119. The largest absolute Gasteiger partial charge is 0.490 e. The summed E-state index contributed by atoms with van der Waals surface area (Å²) in [5.74, 6) is -3.29. The van der Waals surface area contributed by atoms with E-state index in [-0.39, 0.29) is 28.3 Å². The van der Waals surface area contributed by atoms with Crippen molar-refractivity contribution in [3.05, 3.63) is 64.3 Å². The molecule has 3 rings (SSSR count). The van der Waals surface area contributed by atoms with E-state index in [9.17, 15) is 22.4 Å². The van der Waals surface area contributed by atoms with Gasteiger partial charge in [-0.1, -0.05) is 11.2 Å². The second kappa shape index (κ2) is 13.0. The standard InChI is InChI=1S/C17H14BrFN6O3.C2HF3O2/c18-13-8-12(4-5-14(13)19)23-27-21-10-15-17(25-28-24-15)22-16(26)6-3-11-2-1-7-20-9-11;3-2(4,5)1(6)7/h1-2,4-5,7-10,23H,3,6H2,(H,22,25,26);(H,6,7)/b21-10+;. The number of nitrogens with one attached hydrogen (secondary N) is 2. The Hall–Kier alpha value is -4.08. The summed E-state index contributed by atoms with van der Waals surface area (Å²) in [5, 5.41) is 20.6. The average molecular weight is 563 g/mol. The number of carbonyl (C=O) groups excluding carboxylic acids is 1. The third-order valence-electron chi connectivity index (χ3n) is 3.69. The molecule has 2 aromatic heterocycles. The molecule has 2 heterocycles. The molecule has 1 aromatic carbocycles. The van der Waals surface area contributed by atoms with Crippen LogP contribution in [-0.2, 0) is 20.9 Å². The molecule has 0 atom stereocenters. The number of carboxylic acids is 1. The highest BCUT2D eigenvalue weighted by molar-refractivity contribution is 9.10. The Labute approximate surface area is 202 Å². The predicted molar refractivity (Wildman–Crippen MR) is 116 cm³/mol. The van der Waals surface area contributed by atoms with Gasteiger partial charge in [-0.3, -0.25) is 14.7 Å². The molecule has 16 heteroatoms. The number of pyridine rings is 1. The SMILES string of the molecule is O=C(CCc1cccnc1)Nc1nonc1/C=N/ONc1ccc(F)c(Br)c1.O=C(O)C(F)(F)F. The smallest absolute Gasteiger partial charge is 0.475 e. The van der Waals surface area contributed by atoms with Crippen LogP contribution in [0.3, 0.4) is 0 Å². The molecule has 0 spiro atoms. The van der Waals surface area contributed by atoms with E-state index in [0.717, 1.165) is 5.56 Å². The van der Waals surface area contributed by atoms with Crippen molar-refractivity contribution in [2.75, 3.05) is 10.8 Å². The van der Waals surface area contributed by atoms with Gasteiger partial charge in [-0.2, -0.15) is 18.7 Å². The number of hydrogen-bond donors (Lipinski definition) is 3. The molecular formula is C19H15BrF4N6O5. The first-order valence-corrected chi connectivity index (χ1v) is 10.1. The summed E-state index contributed by atoms with van der Waals surface area (Å²) >= 11 is 3.06. The number of anilines is 2. The topological polar surface area (TPSA) is 152 Å². The van der Waals surface area contributed by atoms with E-state index in [2.05, 4.69) is 51.8 Å². The lowest BCUT2D eigenvalue weighted by molar-refractivity contribution is -0.192. The van der Waals surface area contributed by atoms with Gasteiger partial charge in [0, 0.05) is 18.8 Å². The lowest BCUT2D eigenvalue weighted by atomic mass is 10.1. The van der Waals surface area contributed by atoms with E-state index < -0.39 is 18.0 Å². The zero-order valence-electron chi connectivity index (χ0n) is 17.3. The normalized spacial score (nSPS) is 10.9. The van der Waals surface area contributed by atoms with Crippen LogP contribution in [0.1, 0.15) is 17.7 Å². The van der Waals surface area contributed by atoms with Crippen LogP contribution in [-0.4, -0.2) is 44.7 Å². The van der Waals surface area contributed by atoms with Crippen molar-refractivity contribution in [1.82, 2.24) is 15.3 Å². The summed E-state index contributed by atoms with van der Waals surface area (Å²) in [6, 6.07) is 7.92. The summed E-state index contributed by atoms with van der Waals surface area (Å²) in [7, 11) is 0. The van der Waals surface area contributed by atoms with Crippen LogP contribution < -0.4 is 10.8 Å². The quantitative estimate of drug-likeness (QED) is 0.210. The van der Waals surface area contributed by atoms with Gasteiger partial charge in [0.1, 0.15) is 12.0 Å². The summed E-state index contributed by atoms with van der Waals surface area (Å²) in [6.45, 7) is 0. The van der Waals surface area contributed by atoms with Crippen LogP contribution >= 0.6 is 15.9 Å². The molecule has 3 N–H and O–H groups in total. The van der Waals surface area contributed by atoms with Crippen LogP contribution in [0.2, 0.25) is 0 Å². The minimum atomic E-state index is -5.08. The second-order valence-electron chi connectivity index (χ2n) is 6.27. The number of halogens is 5. The molecule has 0 aliphatic heterocycles. The molecule has 186 valence electrons. The highest BCUT2D eigenvalue weighted by atomic mass is 79.9. The van der Waals surface area contributed by atoms with Crippen molar-refractivity contribution >= 4 is 45.5 Å². The Balaban J connectivity index is 0.000000540. The maximum atomic E-state index is 13.2. The molecule has 0 bridgehead atoms. The van der Waals surface area contributed by atoms with Crippen LogP contribution in [0.4, 0.5) is 29.1 Å². The van der Waals surface area contributed by atoms with Crippen molar-refractivity contribution in [2.24, 2.45) is 5.16 Å². The first-order chi connectivity index (χ1) is 16.6. The Morgan fingerprint density at radius 2 is 2.00 bits per heavy atom. The summed E-state index contributed by atoms with van der Waals surface area (Å²) < 4.78 is 49.8. The van der Waals surface area contributed by atoms with Crippen molar-refractivity contribution in [3.63, 3.8) is 0 Å². The van der Waals surface area contributed by atoms with Crippen molar-refractivity contribution in [3.8, 4) is 0 Å². The Bertz CT molecular complexity index is 1160. The molecule has 1 amide bonds. The van der Waals surface area contributed by atoms with E-state index in [4.69, 9.17) is 14.8 Å². The van der Waals surface area contributed by atoms with Crippen LogP contribution in [0, 0.1) is 5.82 Å². The minimum Gasteiger partial charge on any atom is -0.475 e. The Morgan fingerprint density at radius 1 is 1.26 bits per heavy atom. The number of nitrogens with zero attached hydrogens (tertiary/aromatic N) is 4. The number of aryl methyl sites for hydroxylation is 1. The van der Waals surface area contributed by atoms with Crippen LogP contribution in [0.5, 0.6) is 0 Å². The monoisotopic (exact) mass is 562 g/mol. The summed E-state index contributed by atoms with van der Waals surface area (Å²) in [5.41, 5.74) is 4.11. The maximum Gasteiger partial charge on any atom is 0.490 e. The van der Waals surface area contributed by atoms with Gasteiger partial charge in [-0.15, -0.1) is 0 Å². The van der Waals surface area contributed by atoms with Gasteiger partial charge in [-0.25, -0.2) is 13.8 Å². The number of rotatable bonds is 8. The zero-order chi connectivity index (χ0) is 25.8. The van der Waals surface area contributed by atoms with Crippen molar-refractivity contribution in [2.45, 2.75) is 19.0 Å². The van der Waals surface area contributed by atoms with Gasteiger partial charge in [0.2, 0.25) is 11.7 Å². The van der Waals surface area contributed by atoms with E-state index in [1.807, 2.05) is 12.1 Å². The molecule has 0 radical (unpaired) electrons. The molecule has 0 aliphatic carbocycles. The molecule has 0 fully saturated rings. The molecule has 0 saturated heterocycles. The number of aromatic nitrogens is 3. The van der Waals surface area contributed by atoms with Gasteiger partial charge in [0.25, 0.3) is 0 Å². The van der Waals surface area contributed by atoms with Gasteiger partial charge in [-0.05, 0) is 62.5 Å². The summed E-state index contributed by atoms with van der Waals surface area (Å²) in [6.07, 6.45) is 0.273. The number of hydrogen-bond acceptors (Lipinski definition) is 9. The molecule has 35 heavy (non-hydrogen) atoms. The lowest BCUT2D eigenvalue weighted by Gasteiger charge is -2.03. The van der Waals surface area contributed by atoms with Gasteiger partial charge >= 0.3 is 12.1 Å². The number of carboxylic acid groups (broad SMARTS) is 1. The third-order valence-corrected chi connectivity index (χ3v) is 4.30. The summed E-state index contributed by atoms with van der Waals surface area (Å²) in [4.78, 5) is 29.8. The number of carbonyl (C=O) groups is 2. The van der Waals surface area contributed by atoms with Gasteiger partial charge < -0.3 is 10.4 Å². The third kappa shape index (κ3) is 9.75. The molecule has 11 nitrogen and oxygen atoms in total. The van der Waals surface area contributed by atoms with Crippen LogP contribution in [0.25, 0.3) is 0 Å². The highest BCUT2D eigenvalue weighted by Crippen LogP contribution is 2.20. The zero-order valence-corrected chi connectivity index (χ0v) is 18.9. The fourth-order valence-electron chi connectivity index (χ4n) is 2.08. The molecule has 0 saturated carbocycles. The van der Waals surface area contributed by atoms with Gasteiger partial charge in [0.05, 0.1) is 10.2 Å². The van der Waals surface area contributed by atoms with E-state index in [0.29, 0.717) is 12.1 Å². The molecule has 0 unspecified atom stereocenters. The highest BCUT2D eigenvalue weighted by Gasteiger charge is 2.38. The first-order valence-electron chi connectivity index (χ1n) is 9.28. The van der Waals surface area contributed by atoms with Gasteiger partial charge in [0.15, 0.2) is 5.69 Å². The number of aliphatic carboxylic acids is 1. The fourth-order valence-corrected chi connectivity index (χ4v) is 2.46. The number of amides is 1. The molecule has 3 aromatic rings. The number of benzene rings is 1. The van der Waals surface area contributed by atoms with E-state index in [1.54, 1.807) is 12.4 Å². The Morgan fingerprint density at radius 3 is 2.63 bits per heavy atom. The van der Waals surface area contributed by atoms with Crippen molar-refractivity contribution < 1.29 is 41.8 Å². The predicted octanol–water partition coefficient (Wildman–Crippen LogP) is 3.95. The molecule has 0 aliphatic rings. The maximum absolute atomic E-state index is 13.2. The average Bonchev–Trinajstić information content (AvgIpc) is 3.25. The van der Waals surface area contributed by atoms with Crippen molar-refractivity contribution in [1.29, 1.82) is 0 Å². The lowest BCUT2D eigenvalue weighted by Crippen LogP contribution is -2.21. The second-order valence-corrected chi connectivity index (χ2v) is 7.12. The fraction of sp³-hybridized carbons (Fsp3) is 0.158. The molecular weight excluding hydrogens is 548 g/mol. The Kier molecular flexibility index (Phi) is 10.1. The van der Waals surface area contributed by atoms with E-state index in [1.165, 1.54) is 24.4 Å².